The Bertz CT molecular complexity index is 686. The molecule has 2 unspecified atom stereocenters. The molecule has 0 amide bonds. The lowest BCUT2D eigenvalue weighted by molar-refractivity contribution is -0.133. The highest BCUT2D eigenvalue weighted by molar-refractivity contribution is 8.00. The number of nitriles is 1. The van der Waals surface area contributed by atoms with Crippen LogP contribution in [0.25, 0.3) is 0 Å². The maximum atomic E-state index is 11.7. The van der Waals surface area contributed by atoms with Crippen molar-refractivity contribution < 1.29 is 9.90 Å². The molecule has 0 aliphatic carbocycles. The predicted molar refractivity (Wildman–Crippen MR) is 84.6 cm³/mol. The van der Waals surface area contributed by atoms with Gasteiger partial charge in [0.1, 0.15) is 0 Å². The first-order valence-corrected chi connectivity index (χ1v) is 7.80. The molecule has 1 N–H and O–H groups in total. The minimum absolute atomic E-state index is 0.0336. The zero-order chi connectivity index (χ0) is 15.6. The van der Waals surface area contributed by atoms with Crippen molar-refractivity contribution in [3.8, 4) is 6.07 Å². The van der Waals surface area contributed by atoms with Crippen LogP contribution in [0.3, 0.4) is 0 Å². The molecular formula is C16H16N2O2S. The second-order valence-electron chi connectivity index (χ2n) is 4.93. The van der Waals surface area contributed by atoms with Crippen LogP contribution in [0, 0.1) is 11.3 Å². The third kappa shape index (κ3) is 2.86. The highest BCUT2D eigenvalue weighted by Crippen LogP contribution is 2.40. The number of carbonyl (C=O) groups is 1. The first kappa shape index (κ1) is 15.3. The van der Waals surface area contributed by atoms with E-state index < -0.39 is 5.97 Å². The largest absolute Gasteiger partial charge is 0.478 e. The second kappa shape index (κ2) is 6.15. The van der Waals surface area contributed by atoms with Gasteiger partial charge in [-0.15, -0.1) is 0 Å². The van der Waals surface area contributed by atoms with Crippen molar-refractivity contribution in [1.29, 1.82) is 5.26 Å². The molecule has 1 aliphatic heterocycles. The van der Waals surface area contributed by atoms with Crippen molar-refractivity contribution >= 4 is 23.4 Å². The van der Waals surface area contributed by atoms with E-state index in [1.807, 2.05) is 19.2 Å². The molecule has 0 fully saturated rings. The molecule has 1 aromatic carbocycles. The van der Waals surface area contributed by atoms with Crippen LogP contribution in [0.1, 0.15) is 30.9 Å². The Morgan fingerprint density at radius 2 is 2.14 bits per heavy atom. The molecule has 21 heavy (non-hydrogen) atoms. The summed E-state index contributed by atoms with van der Waals surface area (Å²) in [5.41, 5.74) is 3.15. The molecule has 0 saturated carbocycles. The van der Waals surface area contributed by atoms with Crippen LogP contribution in [0.5, 0.6) is 0 Å². The van der Waals surface area contributed by atoms with Gasteiger partial charge in [0.25, 0.3) is 0 Å². The molecule has 1 aliphatic rings. The lowest BCUT2D eigenvalue weighted by Crippen LogP contribution is -2.31. The zero-order valence-electron chi connectivity index (χ0n) is 12.1. The maximum Gasteiger partial charge on any atom is 0.334 e. The zero-order valence-corrected chi connectivity index (χ0v) is 12.9. The number of thioether (sulfide) groups is 1. The molecule has 1 aromatic rings. The number of allylic oxidation sites excluding steroid dienone is 1. The number of carboxylic acid groups (broad SMARTS) is 1. The van der Waals surface area contributed by atoms with E-state index in [1.54, 1.807) is 36.9 Å². The van der Waals surface area contributed by atoms with Crippen LogP contribution < -0.4 is 0 Å². The minimum atomic E-state index is -0.949. The molecule has 0 aromatic heterocycles. The number of aliphatic imine (C=N–C) groups is 1. The van der Waals surface area contributed by atoms with E-state index in [9.17, 15) is 9.90 Å². The van der Waals surface area contributed by atoms with E-state index in [-0.39, 0.29) is 11.2 Å². The normalized spacial score (nSPS) is 21.7. The fourth-order valence-electron chi connectivity index (χ4n) is 2.74. The Morgan fingerprint density at radius 3 is 2.71 bits per heavy atom. The number of hydrogen-bond acceptors (Lipinski definition) is 4. The van der Waals surface area contributed by atoms with E-state index in [1.165, 1.54) is 0 Å². The third-order valence-electron chi connectivity index (χ3n) is 3.62. The van der Waals surface area contributed by atoms with Crippen molar-refractivity contribution in [3.05, 3.63) is 46.7 Å². The predicted octanol–water partition coefficient (Wildman–Crippen LogP) is 3.21. The van der Waals surface area contributed by atoms with Crippen molar-refractivity contribution in [3.63, 3.8) is 0 Å². The Hall–Kier alpha value is -2.06. The van der Waals surface area contributed by atoms with Crippen LogP contribution >= 0.6 is 11.8 Å². The summed E-state index contributed by atoms with van der Waals surface area (Å²) < 4.78 is 0. The lowest BCUT2D eigenvalue weighted by atomic mass is 9.83. The quantitative estimate of drug-likeness (QED) is 0.930. The van der Waals surface area contributed by atoms with Crippen LogP contribution in [0.2, 0.25) is 0 Å². The molecule has 2 atom stereocenters. The highest BCUT2D eigenvalue weighted by Gasteiger charge is 2.36. The summed E-state index contributed by atoms with van der Waals surface area (Å²) in [7, 11) is 0. The van der Waals surface area contributed by atoms with Crippen LogP contribution in [0.4, 0.5) is 0 Å². The summed E-state index contributed by atoms with van der Waals surface area (Å²) in [6.07, 6.45) is 1.95. The Morgan fingerprint density at radius 1 is 1.43 bits per heavy atom. The molecule has 2 rings (SSSR count). The molecule has 0 saturated heterocycles. The lowest BCUT2D eigenvalue weighted by Gasteiger charge is -2.31. The summed E-state index contributed by atoms with van der Waals surface area (Å²) in [6.45, 7) is 3.65. The van der Waals surface area contributed by atoms with Gasteiger partial charge in [0.15, 0.2) is 0 Å². The number of carboxylic acids is 1. The van der Waals surface area contributed by atoms with Crippen LogP contribution in [-0.2, 0) is 4.79 Å². The number of hydrogen-bond donors (Lipinski definition) is 1. The molecule has 0 radical (unpaired) electrons. The van der Waals surface area contributed by atoms with Gasteiger partial charge in [0.2, 0.25) is 0 Å². The number of benzene rings is 1. The van der Waals surface area contributed by atoms with Gasteiger partial charge in [-0.05, 0) is 37.8 Å². The Labute approximate surface area is 128 Å². The molecule has 0 bridgehead atoms. The fraction of sp³-hybridized carbons (Fsp3) is 0.312. The third-order valence-corrected chi connectivity index (χ3v) is 4.74. The number of aliphatic carboxylic acids is 1. The highest BCUT2D eigenvalue weighted by atomic mass is 32.2. The van der Waals surface area contributed by atoms with Gasteiger partial charge in [0, 0.05) is 17.3 Å². The van der Waals surface area contributed by atoms with Crippen molar-refractivity contribution in [2.24, 2.45) is 4.99 Å². The second-order valence-corrected chi connectivity index (χ2v) is 5.91. The topological polar surface area (TPSA) is 73.4 Å². The summed E-state index contributed by atoms with van der Waals surface area (Å²) in [5.74, 6) is -1.24. The molecule has 108 valence electrons. The minimum Gasteiger partial charge on any atom is -0.478 e. The van der Waals surface area contributed by atoms with Gasteiger partial charge in [-0.3, -0.25) is 4.99 Å². The first-order chi connectivity index (χ1) is 9.99. The van der Waals surface area contributed by atoms with E-state index in [0.717, 1.165) is 11.3 Å². The van der Waals surface area contributed by atoms with E-state index >= 15 is 0 Å². The summed E-state index contributed by atoms with van der Waals surface area (Å²) in [6, 6.07) is 9.26. The van der Waals surface area contributed by atoms with Gasteiger partial charge in [-0.25, -0.2) is 4.79 Å². The van der Waals surface area contributed by atoms with E-state index in [2.05, 4.69) is 11.1 Å². The summed E-state index contributed by atoms with van der Waals surface area (Å²) >= 11 is 1.58. The molecular weight excluding hydrogens is 284 g/mol. The molecule has 0 spiro atoms. The smallest absolute Gasteiger partial charge is 0.334 e. The molecule has 4 nitrogen and oxygen atoms in total. The SMILES string of the molecule is CSC1C(C)=NC(C)=C(C(=O)O)C1c1cccc(C#N)c1. The van der Waals surface area contributed by atoms with Gasteiger partial charge >= 0.3 is 5.97 Å². The van der Waals surface area contributed by atoms with Gasteiger partial charge in [-0.2, -0.15) is 17.0 Å². The molecule has 1 heterocycles. The van der Waals surface area contributed by atoms with Gasteiger partial charge in [-0.1, -0.05) is 12.1 Å². The summed E-state index contributed by atoms with van der Waals surface area (Å²) in [5, 5.41) is 18.6. The van der Waals surface area contributed by atoms with Gasteiger partial charge < -0.3 is 5.11 Å². The van der Waals surface area contributed by atoms with Crippen LogP contribution in [0.15, 0.2) is 40.5 Å². The Kier molecular flexibility index (Phi) is 4.49. The Balaban J connectivity index is 2.63. The van der Waals surface area contributed by atoms with E-state index in [0.29, 0.717) is 16.8 Å². The standard InChI is InChI=1S/C16H16N2O2S/c1-9-13(16(19)20)14(15(21-3)10(2)18-9)12-6-4-5-11(7-12)8-17/h4-7,14-15H,1-3H3,(H,19,20). The average Bonchev–Trinajstić information content (AvgIpc) is 2.46. The van der Waals surface area contributed by atoms with Crippen LogP contribution in [-0.4, -0.2) is 28.3 Å². The fourth-order valence-corrected chi connectivity index (χ4v) is 3.70. The first-order valence-electron chi connectivity index (χ1n) is 6.51. The van der Waals surface area contributed by atoms with Gasteiger partial charge in [0.05, 0.1) is 22.5 Å². The summed E-state index contributed by atoms with van der Waals surface area (Å²) in [4.78, 5) is 16.1. The number of nitrogens with zero attached hydrogens (tertiary/aromatic N) is 2. The van der Waals surface area contributed by atoms with Crippen molar-refractivity contribution in [2.45, 2.75) is 25.0 Å². The van der Waals surface area contributed by atoms with E-state index in [4.69, 9.17) is 5.26 Å². The maximum absolute atomic E-state index is 11.7. The number of rotatable bonds is 3. The molecule has 5 heteroatoms. The average molecular weight is 300 g/mol. The van der Waals surface area contributed by atoms with Crippen molar-refractivity contribution in [1.82, 2.24) is 0 Å². The van der Waals surface area contributed by atoms with Crippen molar-refractivity contribution in [2.75, 3.05) is 6.26 Å². The monoisotopic (exact) mass is 300 g/mol.